The van der Waals surface area contributed by atoms with E-state index in [-0.39, 0.29) is 25.9 Å². The number of ether oxygens (including phenoxy) is 3. The third kappa shape index (κ3) is 10.9. The molecule has 2 heterocycles. The molecule has 3 aromatic carbocycles. The highest BCUT2D eigenvalue weighted by Crippen LogP contribution is 2.34. The maximum absolute atomic E-state index is 14.0. The van der Waals surface area contributed by atoms with Crippen LogP contribution in [0.2, 0.25) is 0 Å². The summed E-state index contributed by atoms with van der Waals surface area (Å²) in [5.41, 5.74) is 7.39. The van der Waals surface area contributed by atoms with Crippen molar-refractivity contribution in [3.8, 4) is 0 Å². The van der Waals surface area contributed by atoms with Gasteiger partial charge in [0.2, 0.25) is 23.6 Å². The molecule has 0 aromatic heterocycles. The Bertz CT molecular complexity index is 1740. The molecule has 0 radical (unpaired) electrons. The Morgan fingerprint density at radius 1 is 0.849 bits per heavy atom. The van der Waals surface area contributed by atoms with E-state index >= 15 is 0 Å². The third-order valence-corrected chi connectivity index (χ3v) is 9.54. The van der Waals surface area contributed by atoms with Crippen LogP contribution >= 0.6 is 0 Å². The van der Waals surface area contributed by atoms with Crippen LogP contribution in [-0.4, -0.2) is 85.7 Å². The molecule has 0 bridgehead atoms. The average Bonchev–Trinajstić information content (AvgIpc) is 3.66. The zero-order valence-electron chi connectivity index (χ0n) is 30.4. The summed E-state index contributed by atoms with van der Waals surface area (Å²) in [6, 6.07) is 19.5. The van der Waals surface area contributed by atoms with Gasteiger partial charge in [0.15, 0.2) is 12.1 Å². The number of benzene rings is 3. The predicted octanol–water partition coefficient (Wildman–Crippen LogP) is 2.60. The van der Waals surface area contributed by atoms with Crippen LogP contribution in [0.3, 0.4) is 0 Å². The first kappa shape index (κ1) is 39.4. The minimum Gasteiger partial charge on any atom is -0.348 e. The van der Waals surface area contributed by atoms with Crippen molar-refractivity contribution in [2.24, 2.45) is 16.8 Å². The zero-order valence-corrected chi connectivity index (χ0v) is 30.4. The summed E-state index contributed by atoms with van der Waals surface area (Å²) in [5, 5.41) is 16.3. The van der Waals surface area contributed by atoms with Gasteiger partial charge >= 0.3 is 0 Å². The number of hydrogen-bond acceptors (Lipinski definition) is 10. The van der Waals surface area contributed by atoms with Crippen molar-refractivity contribution in [3.63, 3.8) is 0 Å². The lowest BCUT2D eigenvalue weighted by Crippen LogP contribution is -2.57. The Morgan fingerprint density at radius 2 is 1.58 bits per heavy atom. The SMILES string of the molecule is CC(N=O)C(Cc1ccccc1)C(=O)NCC(=O)NC(CCCCN)C(=O)NC(Cc1ccc2ccccc2c1)C(=O)NC1COC2OC(C)(C)OC12. The van der Waals surface area contributed by atoms with Gasteiger partial charge in [-0.1, -0.05) is 78.0 Å². The van der Waals surface area contributed by atoms with Gasteiger partial charge in [0.1, 0.15) is 24.2 Å². The van der Waals surface area contributed by atoms with Crippen molar-refractivity contribution in [1.82, 2.24) is 21.3 Å². The van der Waals surface area contributed by atoms with Gasteiger partial charge in [-0.15, -0.1) is 0 Å². The second kappa shape index (κ2) is 18.3. The molecule has 2 aliphatic rings. The summed E-state index contributed by atoms with van der Waals surface area (Å²) in [6.07, 6.45) is 0.656. The van der Waals surface area contributed by atoms with Gasteiger partial charge in [0.25, 0.3) is 0 Å². The molecule has 6 N–H and O–H groups in total. The minimum absolute atomic E-state index is 0.165. The molecule has 4 amide bonds. The highest BCUT2D eigenvalue weighted by Gasteiger charge is 2.51. The first-order valence-electron chi connectivity index (χ1n) is 18.2. The van der Waals surface area contributed by atoms with Gasteiger partial charge in [0.05, 0.1) is 25.1 Å². The van der Waals surface area contributed by atoms with Crippen LogP contribution < -0.4 is 27.0 Å². The molecule has 53 heavy (non-hydrogen) atoms. The summed E-state index contributed by atoms with van der Waals surface area (Å²) >= 11 is 0. The number of rotatable bonds is 18. The lowest BCUT2D eigenvalue weighted by Gasteiger charge is -2.26. The first-order valence-corrected chi connectivity index (χ1v) is 18.2. The van der Waals surface area contributed by atoms with Crippen LogP contribution in [0.4, 0.5) is 0 Å². The molecule has 2 aliphatic heterocycles. The average molecular weight is 731 g/mol. The van der Waals surface area contributed by atoms with Gasteiger partial charge in [-0.2, -0.15) is 4.91 Å². The number of amides is 4. The molecular formula is C39H50N6O8. The van der Waals surface area contributed by atoms with Gasteiger partial charge < -0.3 is 41.2 Å². The number of nitrogens with two attached hydrogens (primary N) is 1. The molecule has 7 atom stereocenters. The molecule has 2 fully saturated rings. The van der Waals surface area contributed by atoms with Crippen LogP contribution in [0, 0.1) is 10.8 Å². The maximum Gasteiger partial charge on any atom is 0.243 e. The monoisotopic (exact) mass is 730 g/mol. The normalized spacial score (nSPS) is 21.1. The number of nitrogens with one attached hydrogen (secondary N) is 4. The number of nitroso groups, excluding NO2 is 1. The molecule has 0 saturated carbocycles. The topological polar surface area (TPSA) is 200 Å². The minimum atomic E-state index is -1.03. The number of hydrogen-bond donors (Lipinski definition) is 5. The highest BCUT2D eigenvalue weighted by atomic mass is 16.8. The Hall–Kier alpha value is -4.76. The van der Waals surface area contributed by atoms with Crippen molar-refractivity contribution in [2.45, 2.75) is 95.2 Å². The quantitative estimate of drug-likeness (QED) is 0.0965. The first-order chi connectivity index (χ1) is 25.5. The zero-order chi connectivity index (χ0) is 38.0. The molecule has 3 aromatic rings. The molecule has 5 rings (SSSR count). The lowest BCUT2D eigenvalue weighted by atomic mass is 9.92. The second-order valence-electron chi connectivity index (χ2n) is 14.1. The van der Waals surface area contributed by atoms with E-state index in [4.69, 9.17) is 19.9 Å². The van der Waals surface area contributed by atoms with Crippen molar-refractivity contribution in [1.29, 1.82) is 0 Å². The van der Waals surface area contributed by atoms with Crippen molar-refractivity contribution >= 4 is 34.4 Å². The highest BCUT2D eigenvalue weighted by molar-refractivity contribution is 5.93. The van der Waals surface area contributed by atoms with Gasteiger partial charge in [0, 0.05) is 6.42 Å². The number of nitrogens with zero attached hydrogens (tertiary/aromatic N) is 1. The standard InChI is InChI=1S/C39H50N6O8/c1-24(45-50)29(20-25-11-5-4-6-12-25)35(47)41-22-33(46)42-30(15-9-10-18-40)36(48)43-31(21-26-16-17-27-13-7-8-14-28(27)19-26)37(49)44-32-23-51-38-34(32)52-39(2,3)53-38/h4-8,11-14,16-17,19,24,29-32,34,38H,9-10,15,18,20-23,40H2,1-3H3,(H,41,47)(H,42,46)(H,43,48)(H,44,49). The van der Waals surface area contributed by atoms with Crippen molar-refractivity contribution < 1.29 is 33.4 Å². The van der Waals surface area contributed by atoms with Crippen LogP contribution in [0.15, 0.2) is 78.0 Å². The number of unbranched alkanes of at least 4 members (excludes halogenated alkanes) is 1. The molecule has 7 unspecified atom stereocenters. The molecule has 0 aliphatic carbocycles. The fraction of sp³-hybridized carbons (Fsp3) is 0.487. The summed E-state index contributed by atoms with van der Waals surface area (Å²) in [7, 11) is 0. The van der Waals surface area contributed by atoms with Crippen molar-refractivity contribution in [3.05, 3.63) is 88.8 Å². The van der Waals surface area contributed by atoms with Crippen LogP contribution in [0.25, 0.3) is 10.8 Å². The number of carbonyl (C=O) groups is 4. The second-order valence-corrected chi connectivity index (χ2v) is 14.1. The lowest BCUT2D eigenvalue weighted by molar-refractivity contribution is -0.194. The van der Waals surface area contributed by atoms with Crippen LogP contribution in [-0.2, 0) is 46.2 Å². The van der Waals surface area contributed by atoms with Gasteiger partial charge in [-0.05, 0) is 74.9 Å². The summed E-state index contributed by atoms with van der Waals surface area (Å²) in [5.74, 6) is -3.81. The summed E-state index contributed by atoms with van der Waals surface area (Å²) in [4.78, 5) is 65.6. The Kier molecular flexibility index (Phi) is 13.6. The molecule has 284 valence electrons. The van der Waals surface area contributed by atoms with Crippen LogP contribution in [0.5, 0.6) is 0 Å². The van der Waals surface area contributed by atoms with Gasteiger partial charge in [-0.25, -0.2) is 0 Å². The maximum atomic E-state index is 14.0. The van der Waals surface area contributed by atoms with E-state index in [1.807, 2.05) is 72.8 Å². The van der Waals surface area contributed by atoms with Crippen molar-refractivity contribution in [2.75, 3.05) is 19.7 Å². The fourth-order valence-corrected chi connectivity index (χ4v) is 6.67. The number of fused-ring (bicyclic) bond motifs is 2. The van der Waals surface area contributed by atoms with E-state index in [1.165, 1.54) is 0 Å². The summed E-state index contributed by atoms with van der Waals surface area (Å²) in [6.45, 7) is 5.23. The Labute approximate surface area is 309 Å². The third-order valence-electron chi connectivity index (χ3n) is 9.54. The van der Waals surface area contributed by atoms with E-state index in [1.54, 1.807) is 20.8 Å². The largest absolute Gasteiger partial charge is 0.348 e. The van der Waals surface area contributed by atoms with E-state index in [9.17, 15) is 24.1 Å². The van der Waals surface area contributed by atoms with E-state index in [2.05, 4.69) is 26.4 Å². The predicted molar refractivity (Wildman–Crippen MR) is 198 cm³/mol. The molecule has 14 nitrogen and oxygen atoms in total. The smallest absolute Gasteiger partial charge is 0.243 e. The summed E-state index contributed by atoms with van der Waals surface area (Å²) < 4.78 is 17.5. The Morgan fingerprint density at radius 3 is 2.32 bits per heavy atom. The molecule has 14 heteroatoms. The molecule has 2 saturated heterocycles. The Balaban J connectivity index is 1.28. The number of carbonyl (C=O) groups excluding carboxylic acids is 4. The van der Waals surface area contributed by atoms with E-state index < -0.39 is 78.4 Å². The van der Waals surface area contributed by atoms with Gasteiger partial charge in [-0.3, -0.25) is 19.2 Å². The van der Waals surface area contributed by atoms with E-state index in [0.717, 1.165) is 21.9 Å². The molecular weight excluding hydrogens is 680 g/mol. The van der Waals surface area contributed by atoms with Crippen LogP contribution in [0.1, 0.15) is 51.2 Å². The van der Waals surface area contributed by atoms with E-state index in [0.29, 0.717) is 19.4 Å². The fourth-order valence-electron chi connectivity index (χ4n) is 6.67. The molecule has 0 spiro atoms.